The minimum absolute atomic E-state index is 0.0665. The Morgan fingerprint density at radius 2 is 2.24 bits per heavy atom. The number of H-pyrrole nitrogens is 1. The summed E-state index contributed by atoms with van der Waals surface area (Å²) in [5, 5.41) is 11.4. The average Bonchev–Trinajstić information content (AvgIpc) is 2.91. The van der Waals surface area contributed by atoms with E-state index in [1.807, 2.05) is 13.0 Å². The van der Waals surface area contributed by atoms with Crippen LogP contribution in [0, 0.1) is 17.0 Å². The Labute approximate surface area is 121 Å². The molecule has 0 radical (unpaired) electrons. The molecule has 0 amide bonds. The normalized spacial score (nSPS) is 13.5. The van der Waals surface area contributed by atoms with Gasteiger partial charge < -0.3 is 9.72 Å². The summed E-state index contributed by atoms with van der Waals surface area (Å²) in [6.45, 7) is 1.88. The first-order chi connectivity index (χ1) is 10.1. The molecule has 1 aliphatic rings. The molecule has 1 aliphatic carbocycles. The van der Waals surface area contributed by atoms with E-state index in [2.05, 4.69) is 16.0 Å². The molecule has 3 rings (SSSR count). The number of hydrogen-bond donors (Lipinski definition) is 1. The fraction of sp³-hybridized carbons (Fsp3) is 0.267. The van der Waals surface area contributed by atoms with Crippen LogP contribution in [0.3, 0.4) is 0 Å². The number of rotatable bonds is 3. The zero-order valence-corrected chi connectivity index (χ0v) is 11.8. The van der Waals surface area contributed by atoms with E-state index in [0.29, 0.717) is 12.2 Å². The Hall–Kier alpha value is -2.63. The van der Waals surface area contributed by atoms with Crippen molar-refractivity contribution < 1.29 is 9.66 Å². The summed E-state index contributed by atoms with van der Waals surface area (Å²) >= 11 is 0. The minimum atomic E-state index is -0.362. The third kappa shape index (κ3) is 2.18. The van der Waals surface area contributed by atoms with E-state index in [4.69, 9.17) is 4.74 Å². The molecule has 0 spiro atoms. The minimum Gasteiger partial charge on any atom is -0.490 e. The lowest BCUT2D eigenvalue weighted by Gasteiger charge is -2.18. The molecular weight excluding hydrogens is 270 g/mol. The number of methoxy groups -OCH3 is 1. The van der Waals surface area contributed by atoms with Crippen LogP contribution in [0.25, 0.3) is 5.57 Å². The number of allylic oxidation sites excluding steroid dienone is 1. The first-order valence-corrected chi connectivity index (χ1v) is 6.68. The molecule has 21 heavy (non-hydrogen) atoms. The monoisotopic (exact) mass is 285 g/mol. The summed E-state index contributed by atoms with van der Waals surface area (Å²) in [6.07, 6.45) is 5.24. The van der Waals surface area contributed by atoms with Gasteiger partial charge in [0.1, 0.15) is 5.82 Å². The van der Waals surface area contributed by atoms with Crippen LogP contribution in [0.2, 0.25) is 0 Å². The Kier molecular flexibility index (Phi) is 3.21. The highest BCUT2D eigenvalue weighted by atomic mass is 16.6. The largest absolute Gasteiger partial charge is 0.490 e. The van der Waals surface area contributed by atoms with Crippen molar-refractivity contribution in [3.8, 4) is 5.75 Å². The van der Waals surface area contributed by atoms with Crippen molar-refractivity contribution in [2.45, 2.75) is 19.8 Å². The molecule has 108 valence electrons. The van der Waals surface area contributed by atoms with Crippen LogP contribution >= 0.6 is 0 Å². The quantitative estimate of drug-likeness (QED) is 0.694. The van der Waals surface area contributed by atoms with Crippen molar-refractivity contribution >= 4 is 11.3 Å². The van der Waals surface area contributed by atoms with E-state index in [1.54, 1.807) is 12.3 Å². The van der Waals surface area contributed by atoms with Gasteiger partial charge in [-0.2, -0.15) is 0 Å². The van der Waals surface area contributed by atoms with Gasteiger partial charge in [-0.3, -0.25) is 10.1 Å². The second kappa shape index (κ2) is 5.05. The van der Waals surface area contributed by atoms with E-state index < -0.39 is 0 Å². The number of nitro benzene ring substituents is 1. The van der Waals surface area contributed by atoms with E-state index in [9.17, 15) is 10.1 Å². The number of nitrogens with zero attached hydrogens (tertiary/aromatic N) is 2. The first-order valence-electron chi connectivity index (χ1n) is 6.68. The maximum atomic E-state index is 11.4. The standard InChI is InChI=1S/C15H15N3O3/c1-9-16-8-13(17-9)11-4-3-5-12-10(11)6-7-14(21-2)15(12)18(19)20/h4,6-8H,3,5H2,1-2H3,(H,16,17). The first kappa shape index (κ1) is 13.4. The highest BCUT2D eigenvalue weighted by molar-refractivity contribution is 5.83. The van der Waals surface area contributed by atoms with Crippen LogP contribution in [0.15, 0.2) is 24.4 Å². The maximum absolute atomic E-state index is 11.4. The number of fused-ring (bicyclic) bond motifs is 1. The van der Waals surface area contributed by atoms with Gasteiger partial charge in [0.15, 0.2) is 5.75 Å². The molecule has 0 aliphatic heterocycles. The van der Waals surface area contributed by atoms with E-state index in [0.717, 1.165) is 34.6 Å². The maximum Gasteiger partial charge on any atom is 0.314 e. The van der Waals surface area contributed by atoms with Crippen LogP contribution < -0.4 is 4.74 Å². The predicted octanol–water partition coefficient (Wildman–Crippen LogP) is 3.01. The van der Waals surface area contributed by atoms with Gasteiger partial charge >= 0.3 is 5.69 Å². The third-order valence-electron chi connectivity index (χ3n) is 3.67. The zero-order chi connectivity index (χ0) is 15.0. The van der Waals surface area contributed by atoms with Crippen LogP contribution in [0.4, 0.5) is 5.69 Å². The highest BCUT2D eigenvalue weighted by Gasteiger charge is 2.27. The van der Waals surface area contributed by atoms with Crippen LogP contribution in [-0.4, -0.2) is 22.0 Å². The second-order valence-corrected chi connectivity index (χ2v) is 4.94. The Balaban J connectivity index is 2.19. The molecule has 0 atom stereocenters. The van der Waals surface area contributed by atoms with E-state index in [1.165, 1.54) is 7.11 Å². The smallest absolute Gasteiger partial charge is 0.314 e. The Bertz CT molecular complexity index is 747. The van der Waals surface area contributed by atoms with E-state index >= 15 is 0 Å². The lowest BCUT2D eigenvalue weighted by molar-refractivity contribution is -0.386. The number of imidazole rings is 1. The number of benzene rings is 1. The molecule has 1 aromatic heterocycles. The van der Waals surface area contributed by atoms with Gasteiger partial charge in [-0.25, -0.2) is 4.98 Å². The molecule has 1 N–H and O–H groups in total. The van der Waals surface area contributed by atoms with Crippen LogP contribution in [0.1, 0.15) is 29.1 Å². The number of ether oxygens (including phenoxy) is 1. The zero-order valence-electron chi connectivity index (χ0n) is 11.8. The topological polar surface area (TPSA) is 81.1 Å². The Morgan fingerprint density at radius 1 is 1.43 bits per heavy atom. The van der Waals surface area contributed by atoms with Gasteiger partial charge in [-0.05, 0) is 37.5 Å². The van der Waals surface area contributed by atoms with Gasteiger partial charge in [-0.1, -0.05) is 6.08 Å². The lowest BCUT2D eigenvalue weighted by atomic mass is 9.88. The van der Waals surface area contributed by atoms with Crippen molar-refractivity contribution in [2.24, 2.45) is 0 Å². The predicted molar refractivity (Wildman–Crippen MR) is 78.4 cm³/mol. The number of nitro groups is 1. The average molecular weight is 285 g/mol. The van der Waals surface area contributed by atoms with Gasteiger partial charge in [0.25, 0.3) is 0 Å². The van der Waals surface area contributed by atoms with Gasteiger partial charge in [0.05, 0.1) is 23.9 Å². The van der Waals surface area contributed by atoms with E-state index in [-0.39, 0.29) is 10.6 Å². The van der Waals surface area contributed by atoms with Crippen molar-refractivity contribution in [1.29, 1.82) is 0 Å². The summed E-state index contributed by atoms with van der Waals surface area (Å²) in [4.78, 5) is 18.4. The highest BCUT2D eigenvalue weighted by Crippen LogP contribution is 2.40. The number of aromatic amines is 1. The Morgan fingerprint density at radius 3 is 2.86 bits per heavy atom. The van der Waals surface area contributed by atoms with Gasteiger partial charge in [-0.15, -0.1) is 0 Å². The number of aryl methyl sites for hydroxylation is 1. The molecule has 1 heterocycles. The molecule has 6 nitrogen and oxygen atoms in total. The molecule has 0 bridgehead atoms. The molecule has 1 aromatic carbocycles. The number of aromatic nitrogens is 2. The van der Waals surface area contributed by atoms with Crippen molar-refractivity contribution in [3.63, 3.8) is 0 Å². The molecule has 2 aromatic rings. The summed E-state index contributed by atoms with van der Waals surface area (Å²) in [5.74, 6) is 1.13. The second-order valence-electron chi connectivity index (χ2n) is 4.94. The summed E-state index contributed by atoms with van der Waals surface area (Å²) in [5.41, 5.74) is 3.51. The van der Waals surface area contributed by atoms with Crippen LogP contribution in [0.5, 0.6) is 5.75 Å². The fourth-order valence-corrected chi connectivity index (χ4v) is 2.77. The number of nitrogens with one attached hydrogen (secondary N) is 1. The fourth-order valence-electron chi connectivity index (χ4n) is 2.77. The molecule has 6 heteroatoms. The van der Waals surface area contributed by atoms with Gasteiger partial charge in [0.2, 0.25) is 0 Å². The SMILES string of the molecule is COc1ccc2c(c1[N+](=O)[O-])CCC=C2c1cnc(C)[nH]1. The molecular formula is C15H15N3O3. The van der Waals surface area contributed by atoms with Crippen molar-refractivity contribution in [2.75, 3.05) is 7.11 Å². The molecule has 0 unspecified atom stereocenters. The van der Waals surface area contributed by atoms with Crippen molar-refractivity contribution in [1.82, 2.24) is 9.97 Å². The van der Waals surface area contributed by atoms with Gasteiger partial charge in [0, 0.05) is 11.1 Å². The van der Waals surface area contributed by atoms with Crippen molar-refractivity contribution in [3.05, 3.63) is 57.2 Å². The lowest BCUT2D eigenvalue weighted by Crippen LogP contribution is -2.07. The molecule has 0 saturated heterocycles. The summed E-state index contributed by atoms with van der Waals surface area (Å²) < 4.78 is 5.14. The molecule has 0 fully saturated rings. The summed E-state index contributed by atoms with van der Waals surface area (Å²) in [6, 6.07) is 3.53. The number of hydrogen-bond acceptors (Lipinski definition) is 4. The molecule has 0 saturated carbocycles. The van der Waals surface area contributed by atoms with Crippen LogP contribution in [-0.2, 0) is 6.42 Å². The third-order valence-corrected chi connectivity index (χ3v) is 3.67. The summed E-state index contributed by atoms with van der Waals surface area (Å²) in [7, 11) is 1.45.